The molecule has 0 spiro atoms. The zero-order valence-corrected chi connectivity index (χ0v) is 11.7. The summed E-state index contributed by atoms with van der Waals surface area (Å²) in [5.74, 6) is 0.00905. The Hall–Kier alpha value is -1.06. The number of amides is 2. The van der Waals surface area contributed by atoms with Crippen LogP contribution in [0.4, 0.5) is 0 Å². The first-order valence-corrected chi connectivity index (χ1v) is 6.92. The Morgan fingerprint density at radius 1 is 1.33 bits per heavy atom. The molecule has 2 rings (SSSR count). The Bertz CT molecular complexity index is 342. The second kappa shape index (κ2) is 4.90. The minimum atomic E-state index is -0.141. The van der Waals surface area contributed by atoms with Crippen molar-refractivity contribution in [3.05, 3.63) is 0 Å². The van der Waals surface area contributed by atoms with Crippen LogP contribution in [0.25, 0.3) is 0 Å². The van der Waals surface area contributed by atoms with Crippen molar-refractivity contribution in [3.8, 4) is 0 Å². The summed E-state index contributed by atoms with van der Waals surface area (Å²) >= 11 is 0. The summed E-state index contributed by atoms with van der Waals surface area (Å²) in [6, 6.07) is 0.312. The first-order valence-electron chi connectivity index (χ1n) is 6.92. The first-order chi connectivity index (χ1) is 8.37. The Morgan fingerprint density at radius 3 is 2.44 bits per heavy atom. The highest BCUT2D eigenvalue weighted by molar-refractivity contribution is 5.89. The van der Waals surface area contributed by atoms with Gasteiger partial charge in [0.15, 0.2) is 0 Å². The third kappa shape index (κ3) is 3.03. The van der Waals surface area contributed by atoms with Gasteiger partial charge in [-0.2, -0.15) is 0 Å². The summed E-state index contributed by atoms with van der Waals surface area (Å²) < 4.78 is 0. The van der Waals surface area contributed by atoms with Crippen molar-refractivity contribution >= 4 is 11.8 Å². The summed E-state index contributed by atoms with van der Waals surface area (Å²) in [5.41, 5.74) is 0.421. The van der Waals surface area contributed by atoms with E-state index < -0.39 is 0 Å². The lowest BCUT2D eigenvalue weighted by Gasteiger charge is -2.35. The predicted molar refractivity (Wildman–Crippen MR) is 69.9 cm³/mol. The molecule has 1 saturated heterocycles. The van der Waals surface area contributed by atoms with Gasteiger partial charge < -0.3 is 10.2 Å². The van der Waals surface area contributed by atoms with Gasteiger partial charge in [-0.15, -0.1) is 0 Å². The molecule has 0 bridgehead atoms. The maximum atomic E-state index is 12.1. The average Bonchev–Trinajstić information content (AvgIpc) is 2.62. The van der Waals surface area contributed by atoms with Crippen LogP contribution in [0.5, 0.6) is 0 Å². The number of nitrogens with one attached hydrogen (secondary N) is 1. The Labute approximate surface area is 109 Å². The fourth-order valence-electron chi connectivity index (χ4n) is 2.90. The van der Waals surface area contributed by atoms with Gasteiger partial charge >= 0.3 is 0 Å². The van der Waals surface area contributed by atoms with Gasteiger partial charge in [-0.3, -0.25) is 9.59 Å². The Morgan fingerprint density at radius 2 is 1.94 bits per heavy atom. The fourth-order valence-corrected chi connectivity index (χ4v) is 2.90. The van der Waals surface area contributed by atoms with Gasteiger partial charge in [0.2, 0.25) is 11.8 Å². The van der Waals surface area contributed by atoms with Gasteiger partial charge in [-0.05, 0) is 31.1 Å². The normalized spacial score (nSPS) is 28.5. The van der Waals surface area contributed by atoms with Crippen molar-refractivity contribution < 1.29 is 9.59 Å². The second-order valence-corrected chi connectivity index (χ2v) is 6.62. The van der Waals surface area contributed by atoms with Gasteiger partial charge in [-0.1, -0.05) is 13.8 Å². The molecule has 2 aliphatic rings. The molecule has 1 aliphatic carbocycles. The van der Waals surface area contributed by atoms with Crippen molar-refractivity contribution in [2.75, 3.05) is 13.6 Å². The number of carbonyl (C=O) groups excluding carboxylic acids is 2. The molecule has 2 amide bonds. The molecular formula is C14H24N2O2. The van der Waals surface area contributed by atoms with Crippen LogP contribution in [0.1, 0.15) is 46.0 Å². The molecule has 0 aromatic rings. The van der Waals surface area contributed by atoms with Crippen LogP contribution in [0.15, 0.2) is 0 Å². The van der Waals surface area contributed by atoms with Crippen molar-refractivity contribution in [1.29, 1.82) is 0 Å². The van der Waals surface area contributed by atoms with Crippen LogP contribution in [-0.4, -0.2) is 36.3 Å². The summed E-state index contributed by atoms with van der Waals surface area (Å²) in [6.07, 6.45) is 4.84. The highest BCUT2D eigenvalue weighted by Crippen LogP contribution is 2.35. The lowest BCUT2D eigenvalue weighted by Crippen LogP contribution is -2.42. The van der Waals surface area contributed by atoms with Crippen molar-refractivity contribution in [2.45, 2.75) is 52.0 Å². The van der Waals surface area contributed by atoms with E-state index in [2.05, 4.69) is 19.2 Å². The molecule has 0 aromatic heterocycles. The standard InChI is InChI=1S/C14H24N2O2/c1-14(2)6-4-11(5-7-14)15-13(18)10-8-12(17)16(3)9-10/h10-11H,4-9H2,1-3H3,(H,15,18). The SMILES string of the molecule is CN1CC(C(=O)NC2CCC(C)(C)CC2)CC1=O. The molecule has 1 heterocycles. The van der Waals surface area contributed by atoms with Gasteiger partial charge in [-0.25, -0.2) is 0 Å². The minimum Gasteiger partial charge on any atom is -0.353 e. The molecule has 102 valence electrons. The summed E-state index contributed by atoms with van der Waals surface area (Å²) in [7, 11) is 1.76. The van der Waals surface area contributed by atoms with Crippen LogP contribution in [0, 0.1) is 11.3 Å². The number of likely N-dealkylation sites (tertiary alicyclic amines) is 1. The molecule has 1 saturated carbocycles. The Balaban J connectivity index is 1.80. The quantitative estimate of drug-likeness (QED) is 0.810. The number of carbonyl (C=O) groups is 2. The smallest absolute Gasteiger partial charge is 0.225 e. The zero-order chi connectivity index (χ0) is 13.3. The van der Waals surface area contributed by atoms with Gasteiger partial charge in [0.05, 0.1) is 5.92 Å². The largest absolute Gasteiger partial charge is 0.353 e. The van der Waals surface area contributed by atoms with Crippen molar-refractivity contribution in [1.82, 2.24) is 10.2 Å². The summed E-state index contributed by atoms with van der Waals surface area (Å²) in [4.78, 5) is 25.1. The van der Waals surface area contributed by atoms with Crippen LogP contribution in [-0.2, 0) is 9.59 Å². The number of nitrogens with zero attached hydrogens (tertiary/aromatic N) is 1. The molecule has 1 unspecified atom stereocenters. The molecule has 18 heavy (non-hydrogen) atoms. The molecule has 4 nitrogen and oxygen atoms in total. The summed E-state index contributed by atoms with van der Waals surface area (Å²) in [5, 5.41) is 3.12. The molecule has 2 fully saturated rings. The van der Waals surface area contributed by atoms with Crippen LogP contribution in [0.3, 0.4) is 0 Å². The fraction of sp³-hybridized carbons (Fsp3) is 0.857. The molecule has 1 atom stereocenters. The molecular weight excluding hydrogens is 228 g/mol. The monoisotopic (exact) mass is 252 g/mol. The van der Waals surface area contributed by atoms with Crippen molar-refractivity contribution in [2.24, 2.45) is 11.3 Å². The van der Waals surface area contributed by atoms with Crippen molar-refractivity contribution in [3.63, 3.8) is 0 Å². The lowest BCUT2D eigenvalue weighted by atomic mass is 9.75. The van der Waals surface area contributed by atoms with E-state index in [0.717, 1.165) is 12.8 Å². The van der Waals surface area contributed by atoms with E-state index in [1.165, 1.54) is 12.8 Å². The number of hydrogen-bond donors (Lipinski definition) is 1. The number of hydrogen-bond acceptors (Lipinski definition) is 2. The minimum absolute atomic E-state index is 0.0670. The molecule has 4 heteroatoms. The Kier molecular flexibility index (Phi) is 3.64. The second-order valence-electron chi connectivity index (χ2n) is 6.62. The van der Waals surface area contributed by atoms with Gasteiger partial charge in [0, 0.05) is 26.1 Å². The van der Waals surface area contributed by atoms with Gasteiger partial charge in [0.25, 0.3) is 0 Å². The maximum Gasteiger partial charge on any atom is 0.225 e. The topological polar surface area (TPSA) is 49.4 Å². The lowest BCUT2D eigenvalue weighted by molar-refractivity contribution is -0.128. The maximum absolute atomic E-state index is 12.1. The highest BCUT2D eigenvalue weighted by atomic mass is 16.2. The van der Waals surface area contributed by atoms with E-state index in [9.17, 15) is 9.59 Å². The zero-order valence-electron chi connectivity index (χ0n) is 11.7. The van der Waals surface area contributed by atoms with Crippen LogP contribution >= 0.6 is 0 Å². The van der Waals surface area contributed by atoms with Crippen LogP contribution in [0.2, 0.25) is 0 Å². The molecule has 0 aromatic carbocycles. The summed E-state index contributed by atoms with van der Waals surface area (Å²) in [6.45, 7) is 5.15. The highest BCUT2D eigenvalue weighted by Gasteiger charge is 2.34. The first kappa shape index (κ1) is 13.4. The van der Waals surface area contributed by atoms with E-state index in [1.54, 1.807) is 11.9 Å². The molecule has 1 N–H and O–H groups in total. The number of rotatable bonds is 2. The third-order valence-electron chi connectivity index (χ3n) is 4.40. The molecule has 1 aliphatic heterocycles. The van der Waals surface area contributed by atoms with Crippen LogP contribution < -0.4 is 5.32 Å². The van der Waals surface area contributed by atoms with E-state index >= 15 is 0 Å². The van der Waals surface area contributed by atoms with E-state index in [1.807, 2.05) is 0 Å². The predicted octanol–water partition coefficient (Wildman–Crippen LogP) is 1.55. The molecule has 0 radical (unpaired) electrons. The van der Waals surface area contributed by atoms with Gasteiger partial charge in [0.1, 0.15) is 0 Å². The third-order valence-corrected chi connectivity index (χ3v) is 4.40. The van der Waals surface area contributed by atoms with E-state index in [4.69, 9.17) is 0 Å². The average molecular weight is 252 g/mol. The van der Waals surface area contributed by atoms with E-state index in [0.29, 0.717) is 24.4 Å². The van der Waals surface area contributed by atoms with E-state index in [-0.39, 0.29) is 17.7 Å².